The quantitative estimate of drug-likeness (QED) is 0.689. The highest BCUT2D eigenvalue weighted by molar-refractivity contribution is 5.81. The molecule has 1 atom stereocenters. The molecule has 0 radical (unpaired) electrons. The Hall–Kier alpha value is -1.25. The van der Waals surface area contributed by atoms with Gasteiger partial charge in [0.15, 0.2) is 0 Å². The fourth-order valence-corrected chi connectivity index (χ4v) is 1.33. The molecule has 14 heavy (non-hydrogen) atoms. The second-order valence-corrected chi connectivity index (χ2v) is 4.52. The minimum atomic E-state index is -1.25. The lowest BCUT2D eigenvalue weighted by Crippen LogP contribution is -2.36. The van der Waals surface area contributed by atoms with E-state index < -0.39 is 11.6 Å². The molecule has 1 heterocycles. The Labute approximate surface area is 84.1 Å². The molecule has 78 valence electrons. The smallest absolute Gasteiger partial charge is 0.352 e. The number of carboxylic acid groups (broad SMARTS) is 1. The molecule has 0 saturated carbocycles. The molecule has 1 rings (SSSR count). The Morgan fingerprint density at radius 3 is 2.50 bits per heavy atom. The van der Waals surface area contributed by atoms with E-state index in [9.17, 15) is 4.79 Å². The Morgan fingerprint density at radius 2 is 2.29 bits per heavy atom. The van der Waals surface area contributed by atoms with E-state index in [4.69, 9.17) is 9.84 Å². The van der Waals surface area contributed by atoms with Gasteiger partial charge >= 0.3 is 5.97 Å². The molecule has 3 nitrogen and oxygen atoms in total. The van der Waals surface area contributed by atoms with Gasteiger partial charge in [0.05, 0.1) is 5.76 Å². The maximum atomic E-state index is 11.0. The van der Waals surface area contributed by atoms with E-state index in [0.29, 0.717) is 6.42 Å². The van der Waals surface area contributed by atoms with Crippen LogP contribution in [0.25, 0.3) is 0 Å². The van der Waals surface area contributed by atoms with Crippen molar-refractivity contribution in [3.05, 3.63) is 24.5 Å². The average Bonchev–Trinajstić information content (AvgIpc) is 2.47. The third-order valence-electron chi connectivity index (χ3n) is 2.31. The molecule has 0 saturated heterocycles. The summed E-state index contributed by atoms with van der Waals surface area (Å²) in [6, 6.07) is 0. The standard InChI is InChI=1S/C11H16O3/c1-5-11(9(12)13)7-6-8(14-11)10(2,3)4/h5-6H,1,7H2,2-4H3,(H,12,13). The summed E-state index contributed by atoms with van der Waals surface area (Å²) in [5.74, 6) is -0.261. The minimum absolute atomic E-state index is 0.153. The van der Waals surface area contributed by atoms with Crippen LogP contribution in [-0.4, -0.2) is 16.7 Å². The lowest BCUT2D eigenvalue weighted by Gasteiger charge is -2.26. The van der Waals surface area contributed by atoms with Gasteiger partial charge in [-0.1, -0.05) is 27.4 Å². The van der Waals surface area contributed by atoms with E-state index in [2.05, 4.69) is 6.58 Å². The van der Waals surface area contributed by atoms with Crippen molar-refractivity contribution in [2.75, 3.05) is 0 Å². The van der Waals surface area contributed by atoms with Crippen LogP contribution in [0.4, 0.5) is 0 Å². The summed E-state index contributed by atoms with van der Waals surface area (Å²) in [5.41, 5.74) is -1.40. The molecular formula is C11H16O3. The number of carboxylic acids is 1. The van der Waals surface area contributed by atoms with E-state index in [-0.39, 0.29) is 5.41 Å². The molecule has 0 aromatic carbocycles. The van der Waals surface area contributed by atoms with Crippen molar-refractivity contribution in [1.29, 1.82) is 0 Å². The van der Waals surface area contributed by atoms with Crippen molar-refractivity contribution in [2.45, 2.75) is 32.8 Å². The first-order valence-electron chi connectivity index (χ1n) is 4.58. The Bertz CT molecular complexity index is 296. The summed E-state index contributed by atoms with van der Waals surface area (Å²) in [4.78, 5) is 11.0. The van der Waals surface area contributed by atoms with Gasteiger partial charge in [0.2, 0.25) is 5.60 Å². The highest BCUT2D eigenvalue weighted by Crippen LogP contribution is 2.38. The lowest BCUT2D eigenvalue weighted by atomic mass is 9.94. The molecule has 0 aliphatic carbocycles. The minimum Gasteiger partial charge on any atom is -0.478 e. The van der Waals surface area contributed by atoms with Crippen molar-refractivity contribution in [3.8, 4) is 0 Å². The zero-order valence-electron chi connectivity index (χ0n) is 8.83. The number of aliphatic carboxylic acids is 1. The van der Waals surface area contributed by atoms with E-state index in [0.717, 1.165) is 5.76 Å². The van der Waals surface area contributed by atoms with Crippen molar-refractivity contribution >= 4 is 5.97 Å². The van der Waals surface area contributed by atoms with Crippen LogP contribution in [-0.2, 0) is 9.53 Å². The summed E-state index contributed by atoms with van der Waals surface area (Å²) in [6.07, 6.45) is 3.54. The number of rotatable bonds is 2. The predicted molar refractivity (Wildman–Crippen MR) is 53.8 cm³/mol. The fourth-order valence-electron chi connectivity index (χ4n) is 1.33. The zero-order valence-corrected chi connectivity index (χ0v) is 8.83. The van der Waals surface area contributed by atoms with Crippen molar-refractivity contribution < 1.29 is 14.6 Å². The van der Waals surface area contributed by atoms with Crippen LogP contribution in [0.15, 0.2) is 24.5 Å². The molecule has 1 N–H and O–H groups in total. The molecule has 1 unspecified atom stereocenters. The first-order valence-corrected chi connectivity index (χ1v) is 4.58. The third kappa shape index (κ3) is 1.67. The van der Waals surface area contributed by atoms with Gasteiger partial charge in [0.25, 0.3) is 0 Å². The number of ether oxygens (including phenoxy) is 1. The van der Waals surface area contributed by atoms with Gasteiger partial charge in [0.1, 0.15) is 0 Å². The summed E-state index contributed by atoms with van der Waals surface area (Å²) in [6.45, 7) is 9.47. The maximum absolute atomic E-state index is 11.0. The van der Waals surface area contributed by atoms with E-state index in [1.165, 1.54) is 6.08 Å². The van der Waals surface area contributed by atoms with Gasteiger partial charge in [-0.2, -0.15) is 0 Å². The highest BCUT2D eigenvalue weighted by Gasteiger charge is 2.43. The van der Waals surface area contributed by atoms with Crippen molar-refractivity contribution in [1.82, 2.24) is 0 Å². The van der Waals surface area contributed by atoms with Crippen molar-refractivity contribution in [2.24, 2.45) is 5.41 Å². The Morgan fingerprint density at radius 1 is 1.71 bits per heavy atom. The van der Waals surface area contributed by atoms with Crippen LogP contribution in [0, 0.1) is 5.41 Å². The molecule has 0 bridgehead atoms. The first-order chi connectivity index (χ1) is 6.32. The number of carbonyl (C=O) groups is 1. The van der Waals surface area contributed by atoms with Gasteiger partial charge in [-0.25, -0.2) is 4.79 Å². The number of hydrogen-bond acceptors (Lipinski definition) is 2. The molecule has 1 aliphatic rings. The third-order valence-corrected chi connectivity index (χ3v) is 2.31. The van der Waals surface area contributed by atoms with Crippen molar-refractivity contribution in [3.63, 3.8) is 0 Å². The molecule has 0 aromatic heterocycles. The molecular weight excluding hydrogens is 180 g/mol. The van der Waals surface area contributed by atoms with E-state index >= 15 is 0 Å². The zero-order chi connectivity index (χ0) is 11.0. The monoisotopic (exact) mass is 196 g/mol. The normalized spacial score (nSPS) is 26.6. The van der Waals surface area contributed by atoms with Crippen LogP contribution in [0.5, 0.6) is 0 Å². The SMILES string of the molecule is C=CC1(C(=O)O)CC=C(C(C)(C)C)O1. The number of allylic oxidation sites excluding steroid dienone is 1. The van der Waals surface area contributed by atoms with Gasteiger partial charge in [-0.15, -0.1) is 0 Å². The first kappa shape index (κ1) is 10.8. The summed E-state index contributed by atoms with van der Waals surface area (Å²) in [5, 5.41) is 9.02. The summed E-state index contributed by atoms with van der Waals surface area (Å²) < 4.78 is 5.47. The van der Waals surface area contributed by atoms with Crippen LogP contribution in [0.1, 0.15) is 27.2 Å². The Kier molecular flexibility index (Phi) is 2.44. The van der Waals surface area contributed by atoms with Gasteiger partial charge < -0.3 is 9.84 Å². The molecule has 0 amide bonds. The van der Waals surface area contributed by atoms with Gasteiger partial charge in [-0.05, 0) is 12.2 Å². The topological polar surface area (TPSA) is 46.5 Å². The Balaban J connectivity index is 2.88. The number of hydrogen-bond donors (Lipinski definition) is 1. The molecule has 1 aliphatic heterocycles. The van der Waals surface area contributed by atoms with Gasteiger partial charge in [-0.3, -0.25) is 0 Å². The largest absolute Gasteiger partial charge is 0.478 e. The highest BCUT2D eigenvalue weighted by atomic mass is 16.5. The van der Waals surface area contributed by atoms with Crippen LogP contribution >= 0.6 is 0 Å². The van der Waals surface area contributed by atoms with E-state index in [1.54, 1.807) is 0 Å². The molecule has 0 aromatic rings. The van der Waals surface area contributed by atoms with Gasteiger partial charge in [0, 0.05) is 11.8 Å². The second-order valence-electron chi connectivity index (χ2n) is 4.52. The van der Waals surface area contributed by atoms with Crippen LogP contribution in [0.3, 0.4) is 0 Å². The average molecular weight is 196 g/mol. The predicted octanol–water partition coefficient (Wildman–Crippen LogP) is 2.35. The molecule has 3 heteroatoms. The fraction of sp³-hybridized carbons (Fsp3) is 0.545. The van der Waals surface area contributed by atoms with Crippen LogP contribution in [0.2, 0.25) is 0 Å². The summed E-state index contributed by atoms with van der Waals surface area (Å²) in [7, 11) is 0. The molecule has 0 fully saturated rings. The van der Waals surface area contributed by atoms with Crippen LogP contribution < -0.4 is 0 Å². The maximum Gasteiger partial charge on any atom is 0.352 e. The summed E-state index contributed by atoms with van der Waals surface area (Å²) >= 11 is 0. The van der Waals surface area contributed by atoms with E-state index in [1.807, 2.05) is 26.8 Å². The molecule has 0 spiro atoms. The lowest BCUT2D eigenvalue weighted by molar-refractivity contribution is -0.154. The second kappa shape index (κ2) is 3.15.